The van der Waals surface area contributed by atoms with E-state index < -0.39 is 5.91 Å². The summed E-state index contributed by atoms with van der Waals surface area (Å²) in [4.78, 5) is 24.9. The van der Waals surface area contributed by atoms with Gasteiger partial charge in [0.05, 0.1) is 11.6 Å². The molecule has 8 heteroatoms. The maximum atomic E-state index is 13.2. The Morgan fingerprint density at radius 1 is 1.35 bits per heavy atom. The van der Waals surface area contributed by atoms with Crippen LogP contribution in [0.15, 0.2) is 41.4 Å². The van der Waals surface area contributed by atoms with Gasteiger partial charge in [-0.1, -0.05) is 6.08 Å². The molecule has 1 aliphatic carbocycles. The first kappa shape index (κ1) is 23.9. The zero-order chi connectivity index (χ0) is 22.8. The van der Waals surface area contributed by atoms with Crippen LogP contribution in [0.5, 0.6) is 0 Å². The number of carbonyl (C=O) groups excluding carboxylic acids is 1. The quantitative estimate of drug-likeness (QED) is 0.463. The summed E-state index contributed by atoms with van der Waals surface area (Å²) in [5.41, 5.74) is 7.05. The lowest BCUT2D eigenvalue weighted by Crippen LogP contribution is -2.28. The van der Waals surface area contributed by atoms with E-state index in [9.17, 15) is 9.18 Å². The van der Waals surface area contributed by atoms with Gasteiger partial charge < -0.3 is 11.1 Å². The summed E-state index contributed by atoms with van der Waals surface area (Å²) in [6.45, 7) is 5.19. The Balaban J connectivity index is 2.18. The summed E-state index contributed by atoms with van der Waals surface area (Å²) >= 11 is 0. The van der Waals surface area contributed by atoms with Crippen LogP contribution in [0.2, 0.25) is 0 Å². The predicted molar refractivity (Wildman–Crippen MR) is 121 cm³/mol. The molecule has 0 radical (unpaired) electrons. The summed E-state index contributed by atoms with van der Waals surface area (Å²) < 4.78 is 13.2. The maximum absolute atomic E-state index is 13.2. The van der Waals surface area contributed by atoms with Crippen LogP contribution in [-0.4, -0.2) is 27.6 Å². The van der Waals surface area contributed by atoms with E-state index in [1.165, 1.54) is 18.3 Å². The van der Waals surface area contributed by atoms with Crippen molar-refractivity contribution in [2.24, 2.45) is 16.6 Å². The van der Waals surface area contributed by atoms with Crippen molar-refractivity contribution in [3.8, 4) is 6.07 Å². The topological polar surface area (TPSA) is 117 Å². The summed E-state index contributed by atoms with van der Waals surface area (Å²) in [5.74, 6) is 0.327. The van der Waals surface area contributed by atoms with Crippen LogP contribution in [-0.2, 0) is 0 Å². The maximum Gasteiger partial charge on any atom is 0.254 e. The van der Waals surface area contributed by atoms with E-state index in [0.717, 1.165) is 25.7 Å². The van der Waals surface area contributed by atoms with E-state index in [1.807, 2.05) is 6.92 Å². The Bertz CT molecular complexity index is 949. The lowest BCUT2D eigenvalue weighted by atomic mass is 9.84. The average Bonchev–Trinajstić information content (AvgIpc) is 2.77. The smallest absolute Gasteiger partial charge is 0.254 e. The molecule has 164 valence electrons. The van der Waals surface area contributed by atoms with E-state index in [-0.39, 0.29) is 17.4 Å². The minimum atomic E-state index is -0.598. The summed E-state index contributed by atoms with van der Waals surface area (Å²) in [6, 6.07) is 2.40. The number of hydrogen-bond donors (Lipinski definition) is 2. The van der Waals surface area contributed by atoms with Gasteiger partial charge in [-0.05, 0) is 64.5 Å². The van der Waals surface area contributed by atoms with Crippen molar-refractivity contribution in [2.45, 2.75) is 58.9 Å². The van der Waals surface area contributed by atoms with Crippen LogP contribution in [0.3, 0.4) is 0 Å². The lowest BCUT2D eigenvalue weighted by Gasteiger charge is -2.28. The Morgan fingerprint density at radius 2 is 2.06 bits per heavy atom. The molecule has 1 fully saturated rings. The highest BCUT2D eigenvalue weighted by molar-refractivity contribution is 5.97. The van der Waals surface area contributed by atoms with Gasteiger partial charge in [0.25, 0.3) is 5.91 Å². The molecule has 3 N–H and O–H groups in total. The van der Waals surface area contributed by atoms with Crippen molar-refractivity contribution in [3.05, 3.63) is 47.8 Å². The first-order valence-corrected chi connectivity index (χ1v) is 10.4. The molecule has 31 heavy (non-hydrogen) atoms. The number of anilines is 1. The number of allylic oxidation sites excluding steroid dienone is 5. The number of hydrogen-bond acceptors (Lipinski definition) is 6. The van der Waals surface area contributed by atoms with E-state index in [2.05, 4.69) is 26.3 Å². The largest absolute Gasteiger partial charge is 0.367 e. The molecule has 0 aromatic carbocycles. The van der Waals surface area contributed by atoms with Crippen LogP contribution in [0.4, 0.5) is 10.2 Å². The number of amides is 1. The van der Waals surface area contributed by atoms with Crippen molar-refractivity contribution < 1.29 is 9.18 Å². The highest BCUT2D eigenvalue weighted by Crippen LogP contribution is 2.29. The molecule has 0 atom stereocenters. The molecule has 0 unspecified atom stereocenters. The fourth-order valence-electron chi connectivity index (χ4n) is 3.29. The van der Waals surface area contributed by atoms with E-state index in [1.54, 1.807) is 26.1 Å². The monoisotopic (exact) mass is 424 g/mol. The molecule has 1 aromatic heterocycles. The molecule has 1 aromatic rings. The molecule has 0 saturated heterocycles. The third kappa shape index (κ3) is 7.45. The van der Waals surface area contributed by atoms with Crippen LogP contribution < -0.4 is 11.1 Å². The van der Waals surface area contributed by atoms with Crippen LogP contribution in [0.25, 0.3) is 5.57 Å². The highest BCUT2D eigenvalue weighted by atomic mass is 19.1. The average molecular weight is 425 g/mol. The van der Waals surface area contributed by atoms with Crippen molar-refractivity contribution in [1.29, 1.82) is 5.26 Å². The lowest BCUT2D eigenvalue weighted by molar-refractivity contribution is 0.100. The van der Waals surface area contributed by atoms with Gasteiger partial charge in [-0.2, -0.15) is 5.26 Å². The molecule has 1 aliphatic rings. The van der Waals surface area contributed by atoms with Crippen molar-refractivity contribution in [3.63, 3.8) is 0 Å². The van der Waals surface area contributed by atoms with Gasteiger partial charge in [0.2, 0.25) is 0 Å². The number of nitrogens with one attached hydrogen (secondary N) is 1. The van der Waals surface area contributed by atoms with Gasteiger partial charge >= 0.3 is 0 Å². The van der Waals surface area contributed by atoms with E-state index in [4.69, 9.17) is 11.0 Å². The van der Waals surface area contributed by atoms with Gasteiger partial charge in [-0.15, -0.1) is 0 Å². The number of aromatic nitrogens is 2. The number of nitrogens with two attached hydrogens (primary N) is 1. The minimum Gasteiger partial charge on any atom is -0.367 e. The number of aliphatic imine (C=N–C) groups is 1. The number of primary amides is 1. The van der Waals surface area contributed by atoms with Crippen molar-refractivity contribution in [2.75, 3.05) is 5.32 Å². The molecular formula is C23H29FN6O. The molecular weight excluding hydrogens is 395 g/mol. The van der Waals surface area contributed by atoms with Gasteiger partial charge in [0, 0.05) is 36.1 Å². The zero-order valence-corrected chi connectivity index (χ0v) is 18.2. The summed E-state index contributed by atoms with van der Waals surface area (Å²) in [7, 11) is 0. The second-order valence-corrected chi connectivity index (χ2v) is 7.63. The van der Waals surface area contributed by atoms with Crippen molar-refractivity contribution in [1.82, 2.24) is 9.97 Å². The van der Waals surface area contributed by atoms with E-state index in [0.29, 0.717) is 35.3 Å². The Morgan fingerprint density at radius 3 is 2.68 bits per heavy atom. The molecule has 7 nitrogen and oxygen atoms in total. The molecule has 1 amide bonds. The molecule has 0 spiro atoms. The Hall–Kier alpha value is -3.34. The standard InChI is InChI=1S/C23H29FN6O/c1-4-18(24)8-5-16(3)27-13-15(2)22-28-14-20(21(26)31)23(30-22)29-19-9-6-17(7-10-19)11-12-25/h4-5,8,13-14,17,19H,6-7,9-11H2,1-3H3,(H2,26,31)(H,28,29,30)/b8-5-,15-13+,18-4+,27-16+. The zero-order valence-electron chi connectivity index (χ0n) is 18.2. The van der Waals surface area contributed by atoms with E-state index >= 15 is 0 Å². The highest BCUT2D eigenvalue weighted by Gasteiger charge is 2.23. The predicted octanol–water partition coefficient (Wildman–Crippen LogP) is 4.71. The Kier molecular flexibility index (Phi) is 9.07. The fourth-order valence-corrected chi connectivity index (χ4v) is 3.29. The summed E-state index contributed by atoms with van der Waals surface area (Å²) in [5, 5.41) is 12.2. The number of halogens is 1. The number of nitrogens with zero attached hydrogens (tertiary/aromatic N) is 4. The third-order valence-corrected chi connectivity index (χ3v) is 5.20. The minimum absolute atomic E-state index is 0.159. The van der Waals surface area contributed by atoms with Gasteiger partial charge in [0.15, 0.2) is 5.82 Å². The van der Waals surface area contributed by atoms with Crippen LogP contribution in [0.1, 0.15) is 69.1 Å². The number of rotatable bonds is 8. The number of carbonyl (C=O) groups is 1. The second-order valence-electron chi connectivity index (χ2n) is 7.63. The fraction of sp³-hybridized carbons (Fsp3) is 0.435. The molecule has 0 aliphatic heterocycles. The first-order chi connectivity index (χ1) is 14.8. The molecule has 1 heterocycles. The SMILES string of the molecule is C\C=C(F)/C=C\C(C)=N\C=C(/C)c1ncc(C(N)=O)c(NC2CCC(CC#N)CC2)n1. The van der Waals surface area contributed by atoms with Gasteiger partial charge in [0.1, 0.15) is 11.6 Å². The molecule has 0 bridgehead atoms. The summed E-state index contributed by atoms with van der Waals surface area (Å²) in [6.07, 6.45) is 11.6. The second kappa shape index (κ2) is 11.7. The van der Waals surface area contributed by atoms with Crippen molar-refractivity contribution >= 4 is 23.0 Å². The first-order valence-electron chi connectivity index (χ1n) is 10.4. The van der Waals surface area contributed by atoms with Crippen LogP contribution >= 0.6 is 0 Å². The Labute approximate surface area is 182 Å². The normalized spacial score (nSPS) is 20.5. The van der Waals surface area contributed by atoms with Crippen LogP contribution in [0, 0.1) is 17.2 Å². The van der Waals surface area contributed by atoms with Gasteiger partial charge in [-0.3, -0.25) is 9.79 Å². The molecule has 2 rings (SSSR count). The number of nitriles is 1. The third-order valence-electron chi connectivity index (χ3n) is 5.20. The van der Waals surface area contributed by atoms with Gasteiger partial charge in [-0.25, -0.2) is 14.4 Å². The molecule has 1 saturated carbocycles.